The fourth-order valence-corrected chi connectivity index (χ4v) is 5.18. The van der Waals surface area contributed by atoms with E-state index in [4.69, 9.17) is 0 Å². The van der Waals surface area contributed by atoms with Crippen molar-refractivity contribution in [2.24, 2.45) is 11.8 Å². The molecule has 2 rings (SSSR count). The molecule has 0 spiro atoms. The lowest BCUT2D eigenvalue weighted by molar-refractivity contribution is 0.156. The Kier molecular flexibility index (Phi) is 5.45. The summed E-state index contributed by atoms with van der Waals surface area (Å²) in [6, 6.07) is 0.137. The van der Waals surface area contributed by atoms with E-state index in [-0.39, 0.29) is 18.6 Å². The lowest BCUT2D eigenvalue weighted by atomic mass is 9.87. The Bertz CT molecular complexity index is 413. The van der Waals surface area contributed by atoms with Crippen molar-refractivity contribution < 1.29 is 13.5 Å². The van der Waals surface area contributed by atoms with E-state index in [1.54, 1.807) is 15.7 Å². The van der Waals surface area contributed by atoms with E-state index in [9.17, 15) is 13.5 Å². The van der Waals surface area contributed by atoms with Crippen LogP contribution in [0.4, 0.5) is 0 Å². The van der Waals surface area contributed by atoms with Crippen LogP contribution in [-0.2, 0) is 10.2 Å². The van der Waals surface area contributed by atoms with Gasteiger partial charge in [-0.2, -0.15) is 17.0 Å². The summed E-state index contributed by atoms with van der Waals surface area (Å²) in [5, 5.41) is 9.26. The lowest BCUT2D eigenvalue weighted by Crippen LogP contribution is -2.51. The largest absolute Gasteiger partial charge is 0.396 e. The predicted octanol–water partition coefficient (Wildman–Crippen LogP) is 1.45. The number of hydrogen-bond donors (Lipinski definition) is 1. The van der Waals surface area contributed by atoms with Crippen LogP contribution in [0, 0.1) is 11.8 Å². The first-order valence-electron chi connectivity index (χ1n) is 7.79. The number of aliphatic hydroxyl groups excluding tert-OH is 1. The highest BCUT2D eigenvalue weighted by atomic mass is 32.2. The van der Waals surface area contributed by atoms with Gasteiger partial charge in [-0.05, 0) is 37.5 Å². The summed E-state index contributed by atoms with van der Waals surface area (Å²) in [4.78, 5) is 0. The Hall–Kier alpha value is -0.170. The Balaban J connectivity index is 2.04. The minimum absolute atomic E-state index is 0.0796. The average Bonchev–Trinajstić information content (AvgIpc) is 2.46. The quantitative estimate of drug-likeness (QED) is 0.855. The van der Waals surface area contributed by atoms with Crippen molar-refractivity contribution >= 4 is 10.2 Å². The van der Waals surface area contributed by atoms with Crippen LogP contribution in [0.2, 0.25) is 0 Å². The highest BCUT2D eigenvalue weighted by Gasteiger charge is 2.36. The van der Waals surface area contributed by atoms with E-state index < -0.39 is 10.2 Å². The highest BCUT2D eigenvalue weighted by molar-refractivity contribution is 7.86. The van der Waals surface area contributed by atoms with E-state index in [2.05, 4.69) is 6.92 Å². The number of hydrogen-bond acceptors (Lipinski definition) is 3. The second-order valence-corrected chi connectivity index (χ2v) is 8.49. The Labute approximate surface area is 123 Å². The van der Waals surface area contributed by atoms with Gasteiger partial charge in [0.05, 0.1) is 0 Å². The van der Waals surface area contributed by atoms with Crippen molar-refractivity contribution in [1.82, 2.24) is 8.61 Å². The van der Waals surface area contributed by atoms with Crippen molar-refractivity contribution in [3.05, 3.63) is 0 Å². The third-order valence-electron chi connectivity index (χ3n) is 4.85. The number of aliphatic hydroxyl groups is 1. The third-order valence-corrected chi connectivity index (χ3v) is 6.86. The van der Waals surface area contributed by atoms with Crippen LogP contribution in [0.3, 0.4) is 0 Å². The summed E-state index contributed by atoms with van der Waals surface area (Å²) in [5.41, 5.74) is 0. The molecule has 118 valence electrons. The molecule has 3 unspecified atom stereocenters. The molecular formula is C14H28N2O3S. The molecule has 2 aliphatic rings. The van der Waals surface area contributed by atoms with E-state index in [1.165, 1.54) is 6.42 Å². The molecule has 1 N–H and O–H groups in total. The molecule has 0 bridgehead atoms. The summed E-state index contributed by atoms with van der Waals surface area (Å²) in [6.07, 6.45) is 6.03. The van der Waals surface area contributed by atoms with Gasteiger partial charge in [-0.15, -0.1) is 0 Å². The summed E-state index contributed by atoms with van der Waals surface area (Å²) in [7, 11) is -1.65. The zero-order valence-electron chi connectivity index (χ0n) is 12.7. The van der Waals surface area contributed by atoms with Crippen molar-refractivity contribution in [1.29, 1.82) is 0 Å². The van der Waals surface area contributed by atoms with Crippen molar-refractivity contribution in [3.8, 4) is 0 Å². The number of piperidine rings is 1. The molecule has 3 atom stereocenters. The van der Waals surface area contributed by atoms with E-state index in [1.807, 2.05) is 0 Å². The summed E-state index contributed by atoms with van der Waals surface area (Å²) in [5.74, 6) is 0.704. The maximum Gasteiger partial charge on any atom is 0.281 e. The Morgan fingerprint density at radius 3 is 2.65 bits per heavy atom. The van der Waals surface area contributed by atoms with Gasteiger partial charge in [0, 0.05) is 32.8 Å². The van der Waals surface area contributed by atoms with Crippen LogP contribution in [0.5, 0.6) is 0 Å². The van der Waals surface area contributed by atoms with Gasteiger partial charge in [-0.25, -0.2) is 0 Å². The summed E-state index contributed by atoms with van der Waals surface area (Å²) >= 11 is 0. The molecular weight excluding hydrogens is 276 g/mol. The zero-order valence-corrected chi connectivity index (χ0v) is 13.5. The third kappa shape index (κ3) is 3.53. The second-order valence-electron chi connectivity index (χ2n) is 6.50. The molecule has 1 aliphatic carbocycles. The molecule has 1 saturated heterocycles. The van der Waals surface area contributed by atoms with E-state index >= 15 is 0 Å². The van der Waals surface area contributed by atoms with Crippen LogP contribution >= 0.6 is 0 Å². The smallest absolute Gasteiger partial charge is 0.281 e. The van der Waals surface area contributed by atoms with Gasteiger partial charge in [0.1, 0.15) is 0 Å². The number of nitrogens with zero attached hydrogens (tertiary/aromatic N) is 2. The average molecular weight is 304 g/mol. The lowest BCUT2D eigenvalue weighted by Gasteiger charge is -2.38. The Morgan fingerprint density at radius 1 is 1.25 bits per heavy atom. The molecule has 1 heterocycles. The molecule has 20 heavy (non-hydrogen) atoms. The normalized spacial score (nSPS) is 33.5. The molecule has 0 aromatic heterocycles. The number of rotatable bonds is 4. The molecule has 1 aliphatic heterocycles. The van der Waals surface area contributed by atoms with Gasteiger partial charge < -0.3 is 5.11 Å². The van der Waals surface area contributed by atoms with Gasteiger partial charge in [0.15, 0.2) is 0 Å². The summed E-state index contributed by atoms with van der Waals surface area (Å²) < 4.78 is 28.6. The molecule has 0 aromatic rings. The van der Waals surface area contributed by atoms with E-state index in [0.717, 1.165) is 32.1 Å². The molecule has 5 nitrogen and oxygen atoms in total. The maximum atomic E-state index is 12.7. The first-order chi connectivity index (χ1) is 9.45. The van der Waals surface area contributed by atoms with E-state index in [0.29, 0.717) is 19.0 Å². The van der Waals surface area contributed by atoms with Crippen LogP contribution in [0.1, 0.15) is 45.4 Å². The topological polar surface area (TPSA) is 60.9 Å². The van der Waals surface area contributed by atoms with Gasteiger partial charge in [-0.1, -0.05) is 19.8 Å². The van der Waals surface area contributed by atoms with Crippen LogP contribution in [0.25, 0.3) is 0 Å². The first kappa shape index (κ1) is 16.2. The van der Waals surface area contributed by atoms with Crippen molar-refractivity contribution in [2.75, 3.05) is 26.7 Å². The zero-order chi connectivity index (χ0) is 14.8. The molecule has 0 aromatic carbocycles. The molecule has 0 radical (unpaired) electrons. The predicted molar refractivity (Wildman–Crippen MR) is 79.5 cm³/mol. The fraction of sp³-hybridized carbons (Fsp3) is 1.00. The maximum absolute atomic E-state index is 12.7. The van der Waals surface area contributed by atoms with Gasteiger partial charge >= 0.3 is 0 Å². The van der Waals surface area contributed by atoms with Crippen molar-refractivity contribution in [3.63, 3.8) is 0 Å². The molecule has 6 heteroatoms. The fourth-order valence-electron chi connectivity index (χ4n) is 3.49. The van der Waals surface area contributed by atoms with Crippen LogP contribution in [-0.4, -0.2) is 54.9 Å². The molecule has 2 fully saturated rings. The molecule has 0 amide bonds. The van der Waals surface area contributed by atoms with Crippen molar-refractivity contribution in [2.45, 2.75) is 51.5 Å². The van der Waals surface area contributed by atoms with Gasteiger partial charge in [0.25, 0.3) is 10.2 Å². The monoisotopic (exact) mass is 304 g/mol. The van der Waals surface area contributed by atoms with Crippen LogP contribution < -0.4 is 0 Å². The second kappa shape index (κ2) is 6.73. The van der Waals surface area contributed by atoms with Gasteiger partial charge in [-0.3, -0.25) is 0 Å². The first-order valence-corrected chi connectivity index (χ1v) is 9.18. The highest BCUT2D eigenvalue weighted by Crippen LogP contribution is 2.29. The minimum Gasteiger partial charge on any atom is -0.396 e. The Morgan fingerprint density at radius 2 is 2.00 bits per heavy atom. The minimum atomic E-state index is -3.37. The van der Waals surface area contributed by atoms with Gasteiger partial charge in [0.2, 0.25) is 0 Å². The standard InChI is InChI=1S/C14H28N2O3S/c1-12-5-3-7-14(9-12)15(2)20(18,19)16-8-4-6-13(10-16)11-17/h12-14,17H,3-11H2,1-2H3. The summed E-state index contributed by atoms with van der Waals surface area (Å²) in [6.45, 7) is 3.34. The SMILES string of the molecule is CC1CCCC(N(C)S(=O)(=O)N2CCCC(CO)C2)C1. The van der Waals surface area contributed by atoms with Crippen LogP contribution in [0.15, 0.2) is 0 Å². The molecule has 1 saturated carbocycles.